The Bertz CT molecular complexity index is 676. The number of esters is 1. The summed E-state index contributed by atoms with van der Waals surface area (Å²) in [5, 5.41) is 11.9. The number of benzene rings is 1. The van der Waals surface area contributed by atoms with Crippen LogP contribution in [-0.2, 0) is 20.7 Å². The SMILES string of the molecule is N#CC1(NC(=O)COc2cccc(CC3CCC(=O)O3)c2)CCC1. The third-order valence-electron chi connectivity index (χ3n) is 4.50. The van der Waals surface area contributed by atoms with Crippen LogP contribution >= 0.6 is 0 Å². The normalized spacial score (nSPS) is 21.3. The molecule has 6 heteroatoms. The molecule has 0 radical (unpaired) electrons. The topological polar surface area (TPSA) is 88.4 Å². The van der Waals surface area contributed by atoms with Crippen molar-refractivity contribution in [2.45, 2.75) is 50.2 Å². The predicted molar refractivity (Wildman–Crippen MR) is 85.1 cm³/mol. The summed E-state index contributed by atoms with van der Waals surface area (Å²) >= 11 is 0. The maximum absolute atomic E-state index is 11.9. The van der Waals surface area contributed by atoms with E-state index in [2.05, 4.69) is 11.4 Å². The highest BCUT2D eigenvalue weighted by molar-refractivity contribution is 5.79. The number of nitrogens with zero attached hydrogens (tertiary/aromatic N) is 1. The highest BCUT2D eigenvalue weighted by atomic mass is 16.5. The van der Waals surface area contributed by atoms with Gasteiger partial charge in [-0.3, -0.25) is 9.59 Å². The van der Waals surface area contributed by atoms with E-state index in [1.807, 2.05) is 18.2 Å². The van der Waals surface area contributed by atoms with Crippen LogP contribution in [0.4, 0.5) is 0 Å². The van der Waals surface area contributed by atoms with Crippen molar-refractivity contribution in [1.29, 1.82) is 5.26 Å². The lowest BCUT2D eigenvalue weighted by atomic mass is 9.78. The Morgan fingerprint density at radius 3 is 2.92 bits per heavy atom. The standard InChI is InChI=1S/C18H20N2O4/c19-12-18(7-2-8-18)20-16(21)11-23-14-4-1-3-13(9-14)10-15-5-6-17(22)24-15/h1,3-4,9,15H,2,5-8,10-11H2,(H,20,21). The van der Waals surface area contributed by atoms with Gasteiger partial charge in [0, 0.05) is 12.8 Å². The molecule has 1 saturated heterocycles. The van der Waals surface area contributed by atoms with Crippen LogP contribution in [0.15, 0.2) is 24.3 Å². The van der Waals surface area contributed by atoms with Gasteiger partial charge < -0.3 is 14.8 Å². The number of nitrogens with one attached hydrogen (secondary N) is 1. The van der Waals surface area contributed by atoms with Crippen LogP contribution < -0.4 is 10.1 Å². The molecule has 2 aliphatic rings. The summed E-state index contributed by atoms with van der Waals surface area (Å²) in [4.78, 5) is 23.1. The minimum atomic E-state index is -0.700. The van der Waals surface area contributed by atoms with Gasteiger partial charge in [0.25, 0.3) is 5.91 Å². The second kappa shape index (κ2) is 6.91. The van der Waals surface area contributed by atoms with Gasteiger partial charge >= 0.3 is 5.97 Å². The molecule has 1 amide bonds. The van der Waals surface area contributed by atoms with Crippen LogP contribution in [0.2, 0.25) is 0 Å². The van der Waals surface area contributed by atoms with Crippen LogP contribution in [0.3, 0.4) is 0 Å². The molecule has 1 aromatic carbocycles. The molecule has 1 aliphatic carbocycles. The van der Waals surface area contributed by atoms with E-state index in [0.717, 1.165) is 18.4 Å². The molecule has 0 bridgehead atoms. The highest BCUT2D eigenvalue weighted by Gasteiger charge is 2.38. The fourth-order valence-electron chi connectivity index (χ4n) is 3.00. The van der Waals surface area contributed by atoms with Crippen LogP contribution in [-0.4, -0.2) is 30.1 Å². The van der Waals surface area contributed by atoms with Crippen molar-refractivity contribution in [2.75, 3.05) is 6.61 Å². The Hall–Kier alpha value is -2.55. The Balaban J connectivity index is 1.50. The van der Waals surface area contributed by atoms with Crippen molar-refractivity contribution < 1.29 is 19.1 Å². The number of carbonyl (C=O) groups is 2. The summed E-state index contributed by atoms with van der Waals surface area (Å²) in [5.74, 6) is 0.157. The first kappa shape index (κ1) is 16.3. The summed E-state index contributed by atoms with van der Waals surface area (Å²) < 4.78 is 10.7. The van der Waals surface area contributed by atoms with Gasteiger partial charge in [-0.15, -0.1) is 0 Å². The van der Waals surface area contributed by atoms with E-state index in [-0.39, 0.29) is 24.6 Å². The molecule has 1 atom stereocenters. The van der Waals surface area contributed by atoms with Crippen LogP contribution in [0.25, 0.3) is 0 Å². The second-order valence-electron chi connectivity index (χ2n) is 6.39. The zero-order valence-corrected chi connectivity index (χ0v) is 13.4. The molecule has 1 heterocycles. The van der Waals surface area contributed by atoms with Crippen molar-refractivity contribution in [1.82, 2.24) is 5.32 Å². The molecule has 0 spiro atoms. The summed E-state index contributed by atoms with van der Waals surface area (Å²) in [5.41, 5.74) is 0.300. The minimum absolute atomic E-state index is 0.0786. The molecule has 24 heavy (non-hydrogen) atoms. The lowest BCUT2D eigenvalue weighted by molar-refractivity contribution is -0.141. The second-order valence-corrected chi connectivity index (χ2v) is 6.39. The lowest BCUT2D eigenvalue weighted by Gasteiger charge is -2.35. The van der Waals surface area contributed by atoms with E-state index in [9.17, 15) is 9.59 Å². The first-order valence-electron chi connectivity index (χ1n) is 8.22. The highest BCUT2D eigenvalue weighted by Crippen LogP contribution is 2.30. The van der Waals surface area contributed by atoms with Gasteiger partial charge in [0.15, 0.2) is 6.61 Å². The molecule has 6 nitrogen and oxygen atoms in total. The van der Waals surface area contributed by atoms with E-state index in [4.69, 9.17) is 14.7 Å². The Morgan fingerprint density at radius 2 is 2.29 bits per heavy atom. The molecule has 1 aromatic rings. The Morgan fingerprint density at radius 1 is 1.46 bits per heavy atom. The molecular weight excluding hydrogens is 308 g/mol. The fraction of sp³-hybridized carbons (Fsp3) is 0.500. The van der Waals surface area contributed by atoms with E-state index >= 15 is 0 Å². The number of rotatable bonds is 6. The predicted octanol–water partition coefficient (Wildman–Crippen LogP) is 1.88. The van der Waals surface area contributed by atoms with E-state index < -0.39 is 5.54 Å². The van der Waals surface area contributed by atoms with Gasteiger partial charge in [-0.25, -0.2) is 0 Å². The number of nitriles is 1. The Kier molecular flexibility index (Phi) is 4.70. The largest absolute Gasteiger partial charge is 0.484 e. The van der Waals surface area contributed by atoms with Gasteiger partial charge in [0.1, 0.15) is 17.4 Å². The number of amides is 1. The number of carbonyl (C=O) groups excluding carboxylic acids is 2. The third kappa shape index (κ3) is 3.85. The van der Waals surface area contributed by atoms with Crippen molar-refractivity contribution in [3.8, 4) is 11.8 Å². The summed E-state index contributed by atoms with van der Waals surface area (Å²) in [6.45, 7) is -0.120. The van der Waals surface area contributed by atoms with E-state index in [0.29, 0.717) is 31.4 Å². The van der Waals surface area contributed by atoms with E-state index in [1.165, 1.54) is 0 Å². The Labute approximate surface area is 140 Å². The van der Waals surface area contributed by atoms with Crippen molar-refractivity contribution in [3.05, 3.63) is 29.8 Å². The number of cyclic esters (lactones) is 1. The van der Waals surface area contributed by atoms with Crippen LogP contribution in [0.1, 0.15) is 37.7 Å². The molecule has 1 aliphatic heterocycles. The van der Waals surface area contributed by atoms with Gasteiger partial charge in [0.05, 0.1) is 6.07 Å². The zero-order valence-electron chi connectivity index (χ0n) is 13.4. The van der Waals surface area contributed by atoms with E-state index in [1.54, 1.807) is 6.07 Å². The average molecular weight is 328 g/mol. The zero-order chi connectivity index (χ0) is 17.0. The quantitative estimate of drug-likeness (QED) is 0.806. The summed E-state index contributed by atoms with van der Waals surface area (Å²) in [6, 6.07) is 9.59. The average Bonchev–Trinajstić information content (AvgIpc) is 2.94. The maximum Gasteiger partial charge on any atom is 0.306 e. The van der Waals surface area contributed by atoms with Gasteiger partial charge in [-0.2, -0.15) is 5.26 Å². The third-order valence-corrected chi connectivity index (χ3v) is 4.50. The summed E-state index contributed by atoms with van der Waals surface area (Å²) in [7, 11) is 0. The monoisotopic (exact) mass is 328 g/mol. The first-order valence-corrected chi connectivity index (χ1v) is 8.22. The van der Waals surface area contributed by atoms with Crippen LogP contribution in [0.5, 0.6) is 5.75 Å². The van der Waals surface area contributed by atoms with Gasteiger partial charge in [-0.05, 0) is 43.4 Å². The fourth-order valence-corrected chi connectivity index (χ4v) is 3.00. The van der Waals surface area contributed by atoms with Crippen LogP contribution in [0, 0.1) is 11.3 Å². The molecule has 1 unspecified atom stereocenters. The maximum atomic E-state index is 11.9. The number of hydrogen-bond acceptors (Lipinski definition) is 5. The van der Waals surface area contributed by atoms with Gasteiger partial charge in [0.2, 0.25) is 0 Å². The smallest absolute Gasteiger partial charge is 0.306 e. The molecule has 0 aromatic heterocycles. The lowest BCUT2D eigenvalue weighted by Crippen LogP contribution is -2.53. The number of hydrogen-bond donors (Lipinski definition) is 1. The van der Waals surface area contributed by atoms with Crippen molar-refractivity contribution >= 4 is 11.9 Å². The minimum Gasteiger partial charge on any atom is -0.484 e. The molecular formula is C18H20N2O4. The van der Waals surface area contributed by atoms with Gasteiger partial charge in [-0.1, -0.05) is 12.1 Å². The summed E-state index contributed by atoms with van der Waals surface area (Å²) in [6.07, 6.45) is 4.14. The molecule has 2 fully saturated rings. The number of ether oxygens (including phenoxy) is 2. The molecule has 1 saturated carbocycles. The van der Waals surface area contributed by atoms with Crippen molar-refractivity contribution in [2.24, 2.45) is 0 Å². The van der Waals surface area contributed by atoms with Crippen molar-refractivity contribution in [3.63, 3.8) is 0 Å². The molecule has 126 valence electrons. The molecule has 1 N–H and O–H groups in total. The molecule has 3 rings (SSSR count). The first-order chi connectivity index (χ1) is 11.6.